The summed E-state index contributed by atoms with van der Waals surface area (Å²) in [7, 11) is 6.98. The van der Waals surface area contributed by atoms with Gasteiger partial charge in [0.15, 0.2) is 0 Å². The van der Waals surface area contributed by atoms with Crippen molar-refractivity contribution in [2.24, 2.45) is 10.8 Å². The van der Waals surface area contributed by atoms with Crippen molar-refractivity contribution < 1.29 is 9.59 Å². The van der Waals surface area contributed by atoms with E-state index in [-0.39, 0.29) is 28.9 Å². The van der Waals surface area contributed by atoms with Crippen LogP contribution in [0.2, 0.25) is 0 Å². The van der Waals surface area contributed by atoms with Crippen LogP contribution in [0.15, 0.2) is 0 Å². The number of hydrogen-bond donors (Lipinski definition) is 2. The minimum Gasteiger partial charge on any atom is -0.337 e. The molecular formula is C16H32N4O2. The second-order valence-corrected chi connectivity index (χ2v) is 8.15. The fourth-order valence-corrected chi connectivity index (χ4v) is 3.62. The third-order valence-corrected chi connectivity index (χ3v) is 4.25. The maximum Gasteiger partial charge on any atom is 0.317 e. The number of amides is 4. The summed E-state index contributed by atoms with van der Waals surface area (Å²) in [6.45, 7) is 7.28. The van der Waals surface area contributed by atoms with E-state index < -0.39 is 0 Å². The summed E-state index contributed by atoms with van der Waals surface area (Å²) < 4.78 is 0. The molecule has 0 unspecified atom stereocenters. The van der Waals surface area contributed by atoms with E-state index in [0.717, 1.165) is 19.3 Å². The summed E-state index contributed by atoms with van der Waals surface area (Å²) in [6, 6.07) is 0.0146. The van der Waals surface area contributed by atoms with E-state index in [1.54, 1.807) is 38.0 Å². The zero-order chi connectivity index (χ0) is 17.1. The quantitative estimate of drug-likeness (QED) is 0.838. The Kier molecular flexibility index (Phi) is 5.70. The largest absolute Gasteiger partial charge is 0.337 e. The molecule has 0 spiro atoms. The Labute approximate surface area is 134 Å². The zero-order valence-electron chi connectivity index (χ0n) is 15.1. The van der Waals surface area contributed by atoms with E-state index in [1.165, 1.54) is 0 Å². The summed E-state index contributed by atoms with van der Waals surface area (Å²) in [6.07, 6.45) is 2.87. The Morgan fingerprint density at radius 2 is 1.55 bits per heavy atom. The highest BCUT2D eigenvalue weighted by atomic mass is 16.2. The molecule has 0 radical (unpaired) electrons. The highest BCUT2D eigenvalue weighted by molar-refractivity contribution is 5.74. The van der Waals surface area contributed by atoms with E-state index in [2.05, 4.69) is 31.4 Å². The van der Waals surface area contributed by atoms with Gasteiger partial charge in [0.2, 0.25) is 0 Å². The molecule has 0 aromatic rings. The third-order valence-electron chi connectivity index (χ3n) is 4.25. The van der Waals surface area contributed by atoms with Gasteiger partial charge < -0.3 is 20.4 Å². The van der Waals surface area contributed by atoms with Crippen LogP contribution in [0.25, 0.3) is 0 Å². The molecular weight excluding hydrogens is 280 g/mol. The van der Waals surface area contributed by atoms with Gasteiger partial charge in [0.05, 0.1) is 0 Å². The summed E-state index contributed by atoms with van der Waals surface area (Å²) in [5, 5.41) is 6.09. The molecule has 0 bridgehead atoms. The number of urea groups is 2. The molecule has 1 saturated carbocycles. The zero-order valence-corrected chi connectivity index (χ0v) is 15.1. The number of carbonyl (C=O) groups is 2. The predicted molar refractivity (Wildman–Crippen MR) is 88.8 cm³/mol. The monoisotopic (exact) mass is 312 g/mol. The lowest BCUT2D eigenvalue weighted by Gasteiger charge is -2.47. The SMILES string of the molecule is CN(C)C(=O)NC[C@]1(C)C[C@H](NC(=O)N(C)C)CC(C)(C)C1. The van der Waals surface area contributed by atoms with Crippen LogP contribution in [-0.4, -0.2) is 62.6 Å². The maximum absolute atomic E-state index is 11.9. The van der Waals surface area contributed by atoms with Gasteiger partial charge in [-0.3, -0.25) is 0 Å². The molecule has 0 aromatic carbocycles. The van der Waals surface area contributed by atoms with Crippen LogP contribution < -0.4 is 10.6 Å². The topological polar surface area (TPSA) is 64.7 Å². The minimum atomic E-state index is -0.0709. The molecule has 0 heterocycles. The third kappa shape index (κ3) is 5.39. The van der Waals surface area contributed by atoms with Crippen LogP contribution in [-0.2, 0) is 0 Å². The Balaban J connectivity index is 2.73. The summed E-state index contributed by atoms with van der Waals surface area (Å²) in [5.41, 5.74) is 0.123. The van der Waals surface area contributed by atoms with Crippen molar-refractivity contribution in [2.45, 2.75) is 46.1 Å². The average molecular weight is 312 g/mol. The Hall–Kier alpha value is -1.46. The van der Waals surface area contributed by atoms with E-state index in [4.69, 9.17) is 0 Å². The van der Waals surface area contributed by atoms with Crippen molar-refractivity contribution in [1.82, 2.24) is 20.4 Å². The lowest BCUT2D eigenvalue weighted by molar-refractivity contribution is 0.0724. The Morgan fingerprint density at radius 1 is 1.00 bits per heavy atom. The normalized spacial score (nSPS) is 27.0. The van der Waals surface area contributed by atoms with Gasteiger partial charge in [0.25, 0.3) is 0 Å². The van der Waals surface area contributed by atoms with Crippen molar-refractivity contribution in [3.05, 3.63) is 0 Å². The Morgan fingerprint density at radius 3 is 2.05 bits per heavy atom. The molecule has 128 valence electrons. The number of nitrogens with zero attached hydrogens (tertiary/aromatic N) is 2. The first-order valence-electron chi connectivity index (χ1n) is 7.87. The lowest BCUT2D eigenvalue weighted by Crippen LogP contribution is -2.52. The van der Waals surface area contributed by atoms with Gasteiger partial charge in [0.1, 0.15) is 0 Å². The molecule has 22 heavy (non-hydrogen) atoms. The van der Waals surface area contributed by atoms with Gasteiger partial charge in [-0.05, 0) is 30.1 Å². The summed E-state index contributed by atoms with van der Waals surface area (Å²) in [4.78, 5) is 26.8. The molecule has 2 N–H and O–H groups in total. The van der Waals surface area contributed by atoms with Gasteiger partial charge in [-0.25, -0.2) is 9.59 Å². The number of nitrogens with one attached hydrogen (secondary N) is 2. The lowest BCUT2D eigenvalue weighted by atomic mass is 9.62. The predicted octanol–water partition coefficient (Wildman–Crippen LogP) is 2.11. The molecule has 0 saturated heterocycles. The molecule has 1 aliphatic rings. The van der Waals surface area contributed by atoms with Crippen LogP contribution in [0, 0.1) is 10.8 Å². The minimum absolute atomic E-state index is 0.0162. The summed E-state index contributed by atoms with van der Waals surface area (Å²) in [5.74, 6) is 0. The second-order valence-electron chi connectivity index (χ2n) is 8.15. The summed E-state index contributed by atoms with van der Waals surface area (Å²) >= 11 is 0. The van der Waals surface area contributed by atoms with Crippen LogP contribution in [0.4, 0.5) is 9.59 Å². The number of rotatable bonds is 3. The van der Waals surface area contributed by atoms with Crippen molar-refractivity contribution in [3.8, 4) is 0 Å². The average Bonchev–Trinajstić information content (AvgIpc) is 2.33. The van der Waals surface area contributed by atoms with Crippen molar-refractivity contribution in [2.75, 3.05) is 34.7 Å². The molecule has 1 rings (SSSR count). The molecule has 0 aliphatic heterocycles. The molecule has 1 aliphatic carbocycles. The molecule has 1 fully saturated rings. The van der Waals surface area contributed by atoms with Gasteiger partial charge in [-0.15, -0.1) is 0 Å². The van der Waals surface area contributed by atoms with Crippen molar-refractivity contribution in [1.29, 1.82) is 0 Å². The van der Waals surface area contributed by atoms with Crippen LogP contribution in [0.5, 0.6) is 0 Å². The maximum atomic E-state index is 11.9. The van der Waals surface area contributed by atoms with Gasteiger partial charge >= 0.3 is 12.1 Å². The number of hydrogen-bond acceptors (Lipinski definition) is 2. The molecule has 6 heteroatoms. The first-order chi connectivity index (χ1) is 9.94. The fraction of sp³-hybridized carbons (Fsp3) is 0.875. The smallest absolute Gasteiger partial charge is 0.317 e. The molecule has 0 aromatic heterocycles. The first-order valence-corrected chi connectivity index (χ1v) is 7.87. The molecule has 4 amide bonds. The molecule has 2 atom stereocenters. The fourth-order valence-electron chi connectivity index (χ4n) is 3.62. The van der Waals surface area contributed by atoms with E-state index >= 15 is 0 Å². The van der Waals surface area contributed by atoms with Crippen molar-refractivity contribution in [3.63, 3.8) is 0 Å². The standard InChI is InChI=1S/C16H32N4O2/c1-15(2)8-12(18-14(22)20(6)7)9-16(3,10-15)11-17-13(21)19(4)5/h12H,8-11H2,1-7H3,(H,17,21)(H,18,22)/t12-,16-/m1/s1. The van der Waals surface area contributed by atoms with E-state index in [9.17, 15) is 9.59 Å². The molecule has 6 nitrogen and oxygen atoms in total. The first kappa shape index (κ1) is 18.6. The van der Waals surface area contributed by atoms with Crippen molar-refractivity contribution >= 4 is 12.1 Å². The van der Waals surface area contributed by atoms with E-state index in [1.807, 2.05) is 0 Å². The second kappa shape index (κ2) is 6.75. The van der Waals surface area contributed by atoms with Gasteiger partial charge in [-0.2, -0.15) is 0 Å². The Bertz CT molecular complexity index is 420. The van der Waals surface area contributed by atoms with Gasteiger partial charge in [0, 0.05) is 40.8 Å². The highest BCUT2D eigenvalue weighted by Gasteiger charge is 2.42. The van der Waals surface area contributed by atoms with Crippen LogP contribution in [0.3, 0.4) is 0 Å². The van der Waals surface area contributed by atoms with Crippen LogP contribution >= 0.6 is 0 Å². The number of carbonyl (C=O) groups excluding carboxylic acids is 2. The highest BCUT2D eigenvalue weighted by Crippen LogP contribution is 2.45. The van der Waals surface area contributed by atoms with Gasteiger partial charge in [-0.1, -0.05) is 20.8 Å². The van der Waals surface area contributed by atoms with Crippen LogP contribution in [0.1, 0.15) is 40.0 Å². The van der Waals surface area contributed by atoms with E-state index in [0.29, 0.717) is 6.54 Å².